The molecule has 0 aromatic rings. The van der Waals surface area contributed by atoms with Crippen LogP contribution in [0, 0.1) is 11.8 Å². The van der Waals surface area contributed by atoms with Crippen molar-refractivity contribution >= 4 is 5.78 Å². The van der Waals surface area contributed by atoms with Crippen molar-refractivity contribution in [2.45, 2.75) is 47.1 Å². The normalized spacial score (nSPS) is 15.8. The fraction of sp³-hybridized carbons (Fsp3) is 0.909. The molecule has 0 aromatic heterocycles. The van der Waals surface area contributed by atoms with E-state index in [1.807, 2.05) is 20.8 Å². The van der Waals surface area contributed by atoms with E-state index < -0.39 is 0 Å². The Morgan fingerprint density at radius 2 is 1.77 bits per heavy atom. The van der Waals surface area contributed by atoms with Crippen LogP contribution in [0.3, 0.4) is 0 Å². The highest BCUT2D eigenvalue weighted by atomic mass is 16.1. The molecule has 78 valence electrons. The predicted molar refractivity (Wildman–Crippen MR) is 56.8 cm³/mol. The highest BCUT2D eigenvalue weighted by molar-refractivity contribution is 5.82. The highest BCUT2D eigenvalue weighted by Crippen LogP contribution is 2.12. The van der Waals surface area contributed by atoms with E-state index >= 15 is 0 Å². The van der Waals surface area contributed by atoms with Crippen LogP contribution in [0.4, 0.5) is 0 Å². The molecule has 0 aliphatic heterocycles. The second-order valence-electron chi connectivity index (χ2n) is 4.15. The summed E-state index contributed by atoms with van der Waals surface area (Å²) in [6, 6.07) is 0.447. The molecule has 0 rings (SSSR count). The van der Waals surface area contributed by atoms with Crippen LogP contribution in [0.1, 0.15) is 41.0 Å². The summed E-state index contributed by atoms with van der Waals surface area (Å²) in [4.78, 5) is 11.6. The average Bonchev–Trinajstić information content (AvgIpc) is 2.03. The van der Waals surface area contributed by atoms with Crippen molar-refractivity contribution in [2.24, 2.45) is 11.8 Å². The zero-order valence-electron chi connectivity index (χ0n) is 9.55. The molecule has 1 N–H and O–H groups in total. The third-order valence-electron chi connectivity index (χ3n) is 2.31. The fourth-order valence-electron chi connectivity index (χ4n) is 1.65. The molecule has 0 amide bonds. The molecular weight excluding hydrogens is 162 g/mol. The van der Waals surface area contributed by atoms with Gasteiger partial charge in [-0.2, -0.15) is 0 Å². The van der Waals surface area contributed by atoms with Crippen molar-refractivity contribution in [3.05, 3.63) is 0 Å². The van der Waals surface area contributed by atoms with Gasteiger partial charge in [-0.1, -0.05) is 27.7 Å². The largest absolute Gasteiger partial charge is 0.315 e. The van der Waals surface area contributed by atoms with Gasteiger partial charge in [-0.05, 0) is 19.9 Å². The topological polar surface area (TPSA) is 29.1 Å². The van der Waals surface area contributed by atoms with E-state index in [-0.39, 0.29) is 11.8 Å². The smallest absolute Gasteiger partial charge is 0.138 e. The van der Waals surface area contributed by atoms with Crippen LogP contribution < -0.4 is 5.32 Å². The zero-order chi connectivity index (χ0) is 10.4. The summed E-state index contributed by atoms with van der Waals surface area (Å²) in [6.45, 7) is 11.2. The van der Waals surface area contributed by atoms with Crippen LogP contribution in [0.5, 0.6) is 0 Å². The van der Waals surface area contributed by atoms with E-state index in [2.05, 4.69) is 19.2 Å². The lowest BCUT2D eigenvalue weighted by molar-refractivity contribution is -0.125. The van der Waals surface area contributed by atoms with E-state index in [0.29, 0.717) is 11.8 Å². The predicted octanol–water partition coefficient (Wildman–Crippen LogP) is 2.24. The van der Waals surface area contributed by atoms with E-state index in [9.17, 15) is 4.79 Å². The van der Waals surface area contributed by atoms with Gasteiger partial charge in [0.15, 0.2) is 0 Å². The number of nitrogens with one attached hydrogen (secondary N) is 1. The maximum atomic E-state index is 11.6. The molecule has 2 heteroatoms. The molecule has 0 radical (unpaired) electrons. The summed E-state index contributed by atoms with van der Waals surface area (Å²) >= 11 is 0. The van der Waals surface area contributed by atoms with Gasteiger partial charge in [-0.15, -0.1) is 0 Å². The summed E-state index contributed by atoms with van der Waals surface area (Å²) in [5, 5.41) is 3.32. The quantitative estimate of drug-likeness (QED) is 0.687. The second kappa shape index (κ2) is 6.14. The molecule has 0 aliphatic carbocycles. The van der Waals surface area contributed by atoms with Crippen molar-refractivity contribution in [1.82, 2.24) is 5.32 Å². The molecule has 2 unspecified atom stereocenters. The van der Waals surface area contributed by atoms with Gasteiger partial charge >= 0.3 is 0 Å². The number of carbonyl (C=O) groups is 1. The van der Waals surface area contributed by atoms with Gasteiger partial charge in [-0.25, -0.2) is 0 Å². The van der Waals surface area contributed by atoms with Crippen molar-refractivity contribution < 1.29 is 4.79 Å². The van der Waals surface area contributed by atoms with Crippen LogP contribution in [0.2, 0.25) is 0 Å². The van der Waals surface area contributed by atoms with Crippen molar-refractivity contribution in [1.29, 1.82) is 0 Å². The molecule has 2 nitrogen and oxygen atoms in total. The number of Topliss-reactive ketones (excluding diaryl/α,β-unsaturated/α-hetero) is 1. The monoisotopic (exact) mass is 185 g/mol. The van der Waals surface area contributed by atoms with E-state index in [4.69, 9.17) is 0 Å². The Balaban J connectivity index is 3.85. The van der Waals surface area contributed by atoms with Crippen LogP contribution in [-0.2, 0) is 4.79 Å². The molecule has 0 bridgehead atoms. The maximum Gasteiger partial charge on any atom is 0.138 e. The Kier molecular flexibility index (Phi) is 5.97. The standard InChI is InChI=1S/C11H23NO/c1-6-12-10(5)7-9(4)11(13)8(2)3/h8-10,12H,6-7H2,1-5H3. The lowest BCUT2D eigenvalue weighted by atomic mass is 9.92. The lowest BCUT2D eigenvalue weighted by Crippen LogP contribution is -2.30. The first kappa shape index (κ1) is 12.6. The van der Waals surface area contributed by atoms with Crippen LogP contribution in [0.15, 0.2) is 0 Å². The second-order valence-corrected chi connectivity index (χ2v) is 4.15. The lowest BCUT2D eigenvalue weighted by Gasteiger charge is -2.18. The van der Waals surface area contributed by atoms with E-state index in [1.165, 1.54) is 0 Å². The van der Waals surface area contributed by atoms with Crippen LogP contribution in [0.25, 0.3) is 0 Å². The first-order chi connectivity index (χ1) is 5.99. The van der Waals surface area contributed by atoms with E-state index in [0.717, 1.165) is 13.0 Å². The van der Waals surface area contributed by atoms with Gasteiger partial charge in [0.2, 0.25) is 0 Å². The minimum Gasteiger partial charge on any atom is -0.315 e. The van der Waals surface area contributed by atoms with Crippen LogP contribution >= 0.6 is 0 Å². The number of carbonyl (C=O) groups excluding carboxylic acids is 1. The Morgan fingerprint density at radius 3 is 2.15 bits per heavy atom. The van der Waals surface area contributed by atoms with Crippen molar-refractivity contribution in [3.8, 4) is 0 Å². The molecule has 0 aromatic carbocycles. The Bertz CT molecular complexity index is 154. The molecule has 0 aliphatic rings. The molecule has 2 atom stereocenters. The van der Waals surface area contributed by atoms with Crippen molar-refractivity contribution in [2.75, 3.05) is 6.54 Å². The average molecular weight is 185 g/mol. The molecule has 0 heterocycles. The fourth-order valence-corrected chi connectivity index (χ4v) is 1.65. The Morgan fingerprint density at radius 1 is 1.23 bits per heavy atom. The highest BCUT2D eigenvalue weighted by Gasteiger charge is 2.18. The summed E-state index contributed by atoms with van der Waals surface area (Å²) < 4.78 is 0. The van der Waals surface area contributed by atoms with Gasteiger partial charge in [0, 0.05) is 17.9 Å². The number of hydrogen-bond donors (Lipinski definition) is 1. The summed E-state index contributed by atoms with van der Waals surface area (Å²) in [5.41, 5.74) is 0. The molecular formula is C11H23NO. The van der Waals surface area contributed by atoms with Gasteiger partial charge < -0.3 is 5.32 Å². The van der Waals surface area contributed by atoms with Gasteiger partial charge in [-0.3, -0.25) is 4.79 Å². The third kappa shape index (κ3) is 5.04. The third-order valence-corrected chi connectivity index (χ3v) is 2.31. The molecule has 0 fully saturated rings. The zero-order valence-corrected chi connectivity index (χ0v) is 9.55. The number of rotatable bonds is 6. The Labute approximate surface area is 82.1 Å². The summed E-state index contributed by atoms with van der Waals surface area (Å²) in [5.74, 6) is 0.739. The van der Waals surface area contributed by atoms with E-state index in [1.54, 1.807) is 0 Å². The summed E-state index contributed by atoms with van der Waals surface area (Å²) in [6.07, 6.45) is 0.949. The summed E-state index contributed by atoms with van der Waals surface area (Å²) in [7, 11) is 0. The first-order valence-corrected chi connectivity index (χ1v) is 5.26. The van der Waals surface area contributed by atoms with Crippen LogP contribution in [-0.4, -0.2) is 18.4 Å². The SMILES string of the molecule is CCNC(C)CC(C)C(=O)C(C)C. The Hall–Kier alpha value is -0.370. The molecule has 0 spiro atoms. The number of hydrogen-bond acceptors (Lipinski definition) is 2. The maximum absolute atomic E-state index is 11.6. The minimum absolute atomic E-state index is 0.170. The molecule has 13 heavy (non-hydrogen) atoms. The molecule has 0 saturated heterocycles. The molecule has 0 saturated carbocycles. The van der Waals surface area contributed by atoms with Gasteiger partial charge in [0.1, 0.15) is 5.78 Å². The van der Waals surface area contributed by atoms with Gasteiger partial charge in [0.05, 0.1) is 0 Å². The van der Waals surface area contributed by atoms with Crippen molar-refractivity contribution in [3.63, 3.8) is 0 Å². The van der Waals surface area contributed by atoms with Gasteiger partial charge in [0.25, 0.3) is 0 Å². The first-order valence-electron chi connectivity index (χ1n) is 5.26. The minimum atomic E-state index is 0.170. The number of ketones is 1.